The summed E-state index contributed by atoms with van der Waals surface area (Å²) in [5.74, 6) is 5.89. The van der Waals surface area contributed by atoms with Crippen LogP contribution in [0.3, 0.4) is 0 Å². The Bertz CT molecular complexity index is 228. The summed E-state index contributed by atoms with van der Waals surface area (Å²) in [6.45, 7) is 4.74. The van der Waals surface area contributed by atoms with Gasteiger partial charge in [-0.25, -0.2) is 0 Å². The van der Waals surface area contributed by atoms with Crippen LogP contribution >= 0.6 is 43.7 Å². The normalized spacial score (nSPS) is 25.6. The summed E-state index contributed by atoms with van der Waals surface area (Å²) in [6.07, 6.45) is 5.80. The van der Waals surface area contributed by atoms with Crippen LogP contribution in [0.4, 0.5) is 0 Å². The summed E-state index contributed by atoms with van der Waals surface area (Å²) in [6, 6.07) is 0. The molecule has 0 bridgehead atoms. The van der Waals surface area contributed by atoms with Crippen molar-refractivity contribution in [2.75, 3.05) is 23.0 Å². The molecule has 0 aromatic rings. The van der Waals surface area contributed by atoms with Gasteiger partial charge in [0.25, 0.3) is 0 Å². The minimum atomic E-state index is -1.65. The van der Waals surface area contributed by atoms with E-state index in [1.807, 2.05) is 0 Å². The van der Waals surface area contributed by atoms with E-state index >= 15 is 0 Å². The van der Waals surface area contributed by atoms with Crippen molar-refractivity contribution in [3.8, 4) is 0 Å². The van der Waals surface area contributed by atoms with E-state index in [9.17, 15) is 0 Å². The first-order valence-electron chi connectivity index (χ1n) is 7.79. The molecular formula is C14H28GeS4. The van der Waals surface area contributed by atoms with Crippen LogP contribution in [0.25, 0.3) is 0 Å². The number of hydrogen-bond donors (Lipinski definition) is 0. The Morgan fingerprint density at radius 3 is 1.63 bits per heavy atom. The van der Waals surface area contributed by atoms with E-state index in [0.29, 0.717) is 0 Å². The summed E-state index contributed by atoms with van der Waals surface area (Å²) in [5.41, 5.74) is 0. The Hall–Kier alpha value is 1.94. The van der Waals surface area contributed by atoms with Crippen molar-refractivity contribution in [2.45, 2.75) is 60.5 Å². The maximum atomic E-state index is 2.51. The van der Waals surface area contributed by atoms with Crippen molar-refractivity contribution in [2.24, 2.45) is 0 Å². The van der Waals surface area contributed by atoms with Crippen LogP contribution in [0.2, 0.25) is 10.5 Å². The molecule has 0 aromatic carbocycles. The zero-order chi connectivity index (χ0) is 13.6. The quantitative estimate of drug-likeness (QED) is 0.305. The van der Waals surface area contributed by atoms with E-state index in [4.69, 9.17) is 0 Å². The van der Waals surface area contributed by atoms with Gasteiger partial charge < -0.3 is 0 Å². The molecule has 2 aliphatic heterocycles. The van der Waals surface area contributed by atoms with Gasteiger partial charge in [0, 0.05) is 0 Å². The van der Waals surface area contributed by atoms with Gasteiger partial charge in [-0.1, -0.05) is 0 Å². The second-order valence-corrected chi connectivity index (χ2v) is 28.6. The van der Waals surface area contributed by atoms with E-state index in [0.717, 1.165) is 10.5 Å². The molecule has 2 rings (SSSR count). The van der Waals surface area contributed by atoms with Gasteiger partial charge in [0.15, 0.2) is 0 Å². The number of unbranched alkanes of at least 4 members (excludes halogenated alkanes) is 2. The first-order valence-corrected chi connectivity index (χ1v) is 20.0. The van der Waals surface area contributed by atoms with Gasteiger partial charge in [0.1, 0.15) is 0 Å². The Morgan fingerprint density at radius 1 is 0.895 bits per heavy atom. The summed E-state index contributed by atoms with van der Waals surface area (Å²) < 4.78 is 0. The van der Waals surface area contributed by atoms with Gasteiger partial charge in [-0.3, -0.25) is 0 Å². The second kappa shape index (κ2) is 9.17. The Morgan fingerprint density at radius 2 is 1.32 bits per heavy atom. The maximum absolute atomic E-state index is 2.51. The first-order chi connectivity index (χ1) is 9.28. The van der Waals surface area contributed by atoms with Gasteiger partial charge >= 0.3 is 138 Å². The molecule has 2 unspecified atom stereocenters. The topological polar surface area (TPSA) is 0 Å². The molecule has 2 saturated heterocycles. The predicted octanol–water partition coefficient (Wildman–Crippen LogP) is 5.73. The number of thioether (sulfide) groups is 2. The molecular weight excluding hydrogens is 369 g/mol. The van der Waals surface area contributed by atoms with Crippen LogP contribution in [-0.4, -0.2) is 44.5 Å². The van der Waals surface area contributed by atoms with Crippen LogP contribution in [0.15, 0.2) is 0 Å². The molecule has 2 fully saturated rings. The standard InChI is InChI=1S/C14H28GeS4/c1-3-5-7-15(8-6-4-2,18-11-13-9-16-13)19-12-14-10-17-14/h13-14H,3-12H2,1-2H3. The molecule has 0 saturated carbocycles. The van der Waals surface area contributed by atoms with Gasteiger partial charge in [-0.05, 0) is 0 Å². The molecule has 2 heterocycles. The van der Waals surface area contributed by atoms with E-state index in [2.05, 4.69) is 57.5 Å². The molecule has 0 radical (unpaired) electrons. The average Bonchev–Trinajstić information content (AvgIpc) is 3.29. The minimum absolute atomic E-state index is 1.04. The molecule has 19 heavy (non-hydrogen) atoms. The zero-order valence-corrected chi connectivity index (χ0v) is 17.7. The van der Waals surface area contributed by atoms with Crippen molar-refractivity contribution < 1.29 is 0 Å². The number of rotatable bonds is 12. The van der Waals surface area contributed by atoms with Crippen LogP contribution in [0.1, 0.15) is 39.5 Å². The summed E-state index contributed by atoms with van der Waals surface area (Å²) in [5, 5.41) is 5.32. The van der Waals surface area contributed by atoms with Gasteiger partial charge in [-0.15, -0.1) is 0 Å². The SMILES string of the molecule is CCC[CH2][Ge]([CH2]CCC)([S]CC1CS1)[S]CC1CS1. The van der Waals surface area contributed by atoms with Crippen LogP contribution < -0.4 is 0 Å². The first kappa shape index (κ1) is 17.3. The molecule has 2 aliphatic rings. The van der Waals surface area contributed by atoms with Crippen molar-refractivity contribution in [3.05, 3.63) is 0 Å². The number of hydrogen-bond acceptors (Lipinski definition) is 4. The fourth-order valence-electron chi connectivity index (χ4n) is 2.17. The molecule has 0 amide bonds. The van der Waals surface area contributed by atoms with Crippen LogP contribution in [0.5, 0.6) is 0 Å². The third-order valence-corrected chi connectivity index (χ3v) is 29.6. The molecule has 112 valence electrons. The Balaban J connectivity index is 1.85. The van der Waals surface area contributed by atoms with Crippen molar-refractivity contribution in [1.82, 2.24) is 0 Å². The molecule has 0 aromatic heterocycles. The fraction of sp³-hybridized carbons (Fsp3) is 1.00. The van der Waals surface area contributed by atoms with Gasteiger partial charge in [-0.2, -0.15) is 0 Å². The summed E-state index contributed by atoms with van der Waals surface area (Å²) in [7, 11) is 3.37. The Kier molecular flexibility index (Phi) is 8.34. The molecule has 5 heteroatoms. The van der Waals surface area contributed by atoms with Gasteiger partial charge in [0.05, 0.1) is 0 Å². The molecule has 0 aliphatic carbocycles. The monoisotopic (exact) mass is 398 g/mol. The van der Waals surface area contributed by atoms with Crippen molar-refractivity contribution >= 4 is 54.7 Å². The Labute approximate surface area is 137 Å². The van der Waals surface area contributed by atoms with E-state index in [1.165, 1.54) is 48.7 Å². The third-order valence-electron chi connectivity index (χ3n) is 3.69. The summed E-state index contributed by atoms with van der Waals surface area (Å²) >= 11 is 4.38. The van der Waals surface area contributed by atoms with E-state index in [-0.39, 0.29) is 0 Å². The van der Waals surface area contributed by atoms with Crippen molar-refractivity contribution in [3.63, 3.8) is 0 Å². The van der Waals surface area contributed by atoms with Crippen LogP contribution in [-0.2, 0) is 0 Å². The molecule has 0 nitrogen and oxygen atoms in total. The average molecular weight is 397 g/mol. The predicted molar refractivity (Wildman–Crippen MR) is 103 cm³/mol. The zero-order valence-electron chi connectivity index (χ0n) is 12.4. The fourth-order valence-corrected chi connectivity index (χ4v) is 28.7. The second-order valence-electron chi connectivity index (χ2n) is 5.65. The molecule has 2 atom stereocenters. The van der Waals surface area contributed by atoms with E-state index < -0.39 is 11.0 Å². The van der Waals surface area contributed by atoms with Crippen LogP contribution in [0, 0.1) is 0 Å². The molecule has 0 spiro atoms. The van der Waals surface area contributed by atoms with E-state index in [1.54, 1.807) is 10.5 Å². The van der Waals surface area contributed by atoms with Crippen molar-refractivity contribution in [1.29, 1.82) is 0 Å². The molecule has 0 N–H and O–H groups in total. The summed E-state index contributed by atoms with van der Waals surface area (Å²) in [4.78, 5) is 0. The third kappa shape index (κ3) is 7.16. The van der Waals surface area contributed by atoms with Gasteiger partial charge in [0.2, 0.25) is 0 Å².